The number of esters is 1. The summed E-state index contributed by atoms with van der Waals surface area (Å²) in [4.78, 5) is 28.1. The molecule has 2 aromatic rings. The van der Waals surface area contributed by atoms with E-state index < -0.39 is 11.8 Å². The Morgan fingerprint density at radius 3 is 2.38 bits per heavy atom. The molecule has 0 aromatic heterocycles. The summed E-state index contributed by atoms with van der Waals surface area (Å²) in [5.41, 5.74) is 1.16. The van der Waals surface area contributed by atoms with Gasteiger partial charge in [0, 0.05) is 31.9 Å². The predicted octanol–water partition coefficient (Wildman–Crippen LogP) is 2.98. The highest BCUT2D eigenvalue weighted by Crippen LogP contribution is 2.18. The van der Waals surface area contributed by atoms with Crippen LogP contribution in [0.25, 0.3) is 0 Å². The lowest BCUT2D eigenvalue weighted by atomic mass is 10.2. The van der Waals surface area contributed by atoms with Crippen molar-refractivity contribution in [2.45, 2.75) is 0 Å². The van der Waals surface area contributed by atoms with E-state index in [1.54, 1.807) is 4.90 Å². The Balaban J connectivity index is 1.49. The van der Waals surface area contributed by atoms with E-state index in [0.717, 1.165) is 17.8 Å². The first kappa shape index (κ1) is 18.2. The monoisotopic (exact) mass is 376 g/mol. The third kappa shape index (κ3) is 4.32. The largest absolute Gasteiger partial charge is 0.452 e. The summed E-state index contributed by atoms with van der Waals surface area (Å²) in [5.74, 6) is -1.55. The molecule has 1 amide bonds. The number of piperazine rings is 1. The van der Waals surface area contributed by atoms with E-state index in [4.69, 9.17) is 16.3 Å². The van der Waals surface area contributed by atoms with Gasteiger partial charge < -0.3 is 14.5 Å². The number of benzene rings is 2. The summed E-state index contributed by atoms with van der Waals surface area (Å²) in [7, 11) is 0. The number of rotatable bonds is 4. The van der Waals surface area contributed by atoms with Crippen LogP contribution in [-0.4, -0.2) is 49.6 Å². The number of carbonyl (C=O) groups is 2. The van der Waals surface area contributed by atoms with E-state index in [1.807, 2.05) is 30.3 Å². The van der Waals surface area contributed by atoms with Gasteiger partial charge in [0.25, 0.3) is 5.91 Å². The molecule has 7 heteroatoms. The van der Waals surface area contributed by atoms with E-state index in [1.165, 1.54) is 6.07 Å². The number of hydrogen-bond donors (Lipinski definition) is 0. The molecular weight excluding hydrogens is 359 g/mol. The molecule has 1 aliphatic heterocycles. The van der Waals surface area contributed by atoms with Crippen molar-refractivity contribution < 1.29 is 18.7 Å². The number of amides is 1. The predicted molar refractivity (Wildman–Crippen MR) is 96.9 cm³/mol. The highest BCUT2D eigenvalue weighted by Gasteiger charge is 2.22. The average Bonchev–Trinajstić information content (AvgIpc) is 2.66. The maximum Gasteiger partial charge on any atom is 0.340 e. The molecule has 0 bridgehead atoms. The number of ether oxygens (including phenoxy) is 1. The van der Waals surface area contributed by atoms with Crippen LogP contribution in [0.15, 0.2) is 48.5 Å². The number of halogens is 2. The summed E-state index contributed by atoms with van der Waals surface area (Å²) in [6, 6.07) is 13.4. The van der Waals surface area contributed by atoms with Gasteiger partial charge in [0.1, 0.15) is 5.82 Å². The highest BCUT2D eigenvalue weighted by molar-refractivity contribution is 6.33. The highest BCUT2D eigenvalue weighted by atomic mass is 35.5. The van der Waals surface area contributed by atoms with E-state index in [9.17, 15) is 14.0 Å². The zero-order chi connectivity index (χ0) is 18.5. The standard InChI is InChI=1S/C19H18ClFN2O3/c20-17-12-14(21)6-7-16(17)19(25)26-13-18(24)23-10-8-22(9-11-23)15-4-2-1-3-5-15/h1-7,12H,8-11,13H2. The molecule has 0 N–H and O–H groups in total. The zero-order valence-corrected chi connectivity index (χ0v) is 14.8. The van der Waals surface area contributed by atoms with Gasteiger partial charge in [-0.2, -0.15) is 0 Å². The molecule has 0 saturated carbocycles. The van der Waals surface area contributed by atoms with Crippen LogP contribution in [0.1, 0.15) is 10.4 Å². The van der Waals surface area contributed by atoms with E-state index in [-0.39, 0.29) is 23.1 Å². The van der Waals surface area contributed by atoms with Gasteiger partial charge in [-0.3, -0.25) is 4.79 Å². The Morgan fingerprint density at radius 1 is 1.04 bits per heavy atom. The minimum Gasteiger partial charge on any atom is -0.452 e. The van der Waals surface area contributed by atoms with Gasteiger partial charge in [-0.05, 0) is 30.3 Å². The van der Waals surface area contributed by atoms with Gasteiger partial charge >= 0.3 is 5.97 Å². The van der Waals surface area contributed by atoms with E-state index in [2.05, 4.69) is 4.90 Å². The smallest absolute Gasteiger partial charge is 0.340 e. The summed E-state index contributed by atoms with van der Waals surface area (Å²) in [6.07, 6.45) is 0. The molecule has 1 aliphatic rings. The van der Waals surface area contributed by atoms with Crippen molar-refractivity contribution in [2.24, 2.45) is 0 Å². The third-order valence-corrected chi connectivity index (χ3v) is 4.54. The van der Waals surface area contributed by atoms with Crippen LogP contribution in [-0.2, 0) is 9.53 Å². The Morgan fingerprint density at radius 2 is 1.73 bits per heavy atom. The molecule has 1 heterocycles. The van der Waals surface area contributed by atoms with Crippen molar-refractivity contribution >= 4 is 29.2 Å². The molecule has 0 spiro atoms. The SMILES string of the molecule is O=C(OCC(=O)N1CCN(c2ccccc2)CC1)c1ccc(F)cc1Cl. The van der Waals surface area contributed by atoms with Crippen LogP contribution >= 0.6 is 11.6 Å². The zero-order valence-electron chi connectivity index (χ0n) is 14.0. The molecule has 136 valence electrons. The quantitative estimate of drug-likeness (QED) is 0.770. The second-order valence-electron chi connectivity index (χ2n) is 5.90. The van der Waals surface area contributed by atoms with Crippen LogP contribution in [0.4, 0.5) is 10.1 Å². The second kappa shape index (κ2) is 8.19. The van der Waals surface area contributed by atoms with Crippen LogP contribution < -0.4 is 4.90 Å². The minimum absolute atomic E-state index is 0.0368. The topological polar surface area (TPSA) is 49.9 Å². The molecule has 0 radical (unpaired) electrons. The van der Waals surface area contributed by atoms with Crippen molar-refractivity contribution in [3.8, 4) is 0 Å². The molecule has 5 nitrogen and oxygen atoms in total. The fourth-order valence-corrected chi connectivity index (χ4v) is 3.05. The van der Waals surface area contributed by atoms with Gasteiger partial charge in [-0.15, -0.1) is 0 Å². The van der Waals surface area contributed by atoms with Gasteiger partial charge in [0.15, 0.2) is 6.61 Å². The number of anilines is 1. The maximum atomic E-state index is 13.0. The van der Waals surface area contributed by atoms with Crippen molar-refractivity contribution in [3.05, 3.63) is 64.9 Å². The summed E-state index contributed by atoms with van der Waals surface area (Å²) in [6.45, 7) is 2.18. The van der Waals surface area contributed by atoms with Crippen LogP contribution in [0.2, 0.25) is 5.02 Å². The number of carbonyl (C=O) groups excluding carboxylic acids is 2. The maximum absolute atomic E-state index is 13.0. The second-order valence-corrected chi connectivity index (χ2v) is 6.31. The normalized spacial score (nSPS) is 14.2. The number of para-hydroxylation sites is 1. The van der Waals surface area contributed by atoms with Crippen LogP contribution in [0.5, 0.6) is 0 Å². The van der Waals surface area contributed by atoms with Crippen LogP contribution in [0.3, 0.4) is 0 Å². The van der Waals surface area contributed by atoms with Crippen LogP contribution in [0, 0.1) is 5.82 Å². The Hall–Kier alpha value is -2.60. The van der Waals surface area contributed by atoms with Crippen molar-refractivity contribution in [1.29, 1.82) is 0 Å². The van der Waals surface area contributed by atoms with Gasteiger partial charge in [0.05, 0.1) is 10.6 Å². The molecule has 1 saturated heterocycles. The molecule has 0 unspecified atom stereocenters. The average molecular weight is 377 g/mol. The fraction of sp³-hybridized carbons (Fsp3) is 0.263. The Bertz CT molecular complexity index is 793. The molecule has 2 aromatic carbocycles. The van der Waals surface area contributed by atoms with Crippen molar-refractivity contribution in [3.63, 3.8) is 0 Å². The molecule has 0 atom stereocenters. The van der Waals surface area contributed by atoms with E-state index in [0.29, 0.717) is 26.2 Å². The summed E-state index contributed by atoms with van der Waals surface area (Å²) < 4.78 is 18.0. The minimum atomic E-state index is -0.744. The molecule has 3 rings (SSSR count). The number of hydrogen-bond acceptors (Lipinski definition) is 4. The first-order valence-electron chi connectivity index (χ1n) is 8.24. The molecule has 26 heavy (non-hydrogen) atoms. The molecule has 0 aliphatic carbocycles. The molecular formula is C19H18ClFN2O3. The Labute approximate surface area is 155 Å². The third-order valence-electron chi connectivity index (χ3n) is 4.23. The lowest BCUT2D eigenvalue weighted by Gasteiger charge is -2.36. The lowest BCUT2D eigenvalue weighted by Crippen LogP contribution is -2.49. The summed E-state index contributed by atoms with van der Waals surface area (Å²) >= 11 is 5.82. The van der Waals surface area contributed by atoms with Crippen molar-refractivity contribution in [2.75, 3.05) is 37.7 Å². The van der Waals surface area contributed by atoms with E-state index >= 15 is 0 Å². The Kier molecular flexibility index (Phi) is 5.73. The first-order chi connectivity index (χ1) is 12.5. The number of nitrogens with zero attached hydrogens (tertiary/aromatic N) is 2. The van der Waals surface area contributed by atoms with Gasteiger partial charge in [-0.25, -0.2) is 9.18 Å². The molecule has 1 fully saturated rings. The lowest BCUT2D eigenvalue weighted by molar-refractivity contribution is -0.134. The fourth-order valence-electron chi connectivity index (χ4n) is 2.80. The van der Waals surface area contributed by atoms with Gasteiger partial charge in [-0.1, -0.05) is 29.8 Å². The summed E-state index contributed by atoms with van der Waals surface area (Å²) in [5, 5.41) is -0.0427. The van der Waals surface area contributed by atoms with Crippen molar-refractivity contribution in [1.82, 2.24) is 4.90 Å². The first-order valence-corrected chi connectivity index (χ1v) is 8.62. The van der Waals surface area contributed by atoms with Gasteiger partial charge in [0.2, 0.25) is 0 Å².